The molecular weight excluding hydrogens is 144 g/mol. The van der Waals surface area contributed by atoms with Crippen molar-refractivity contribution in [2.75, 3.05) is 19.7 Å². The lowest BCUT2D eigenvalue weighted by Crippen LogP contribution is -2.16. The van der Waals surface area contributed by atoms with Gasteiger partial charge >= 0.3 is 0 Å². The van der Waals surface area contributed by atoms with Gasteiger partial charge in [0, 0.05) is 13.1 Å². The van der Waals surface area contributed by atoms with Crippen LogP contribution in [0, 0.1) is 0 Å². The van der Waals surface area contributed by atoms with Gasteiger partial charge in [0.1, 0.15) is 0 Å². The summed E-state index contributed by atoms with van der Waals surface area (Å²) in [6.45, 7) is 7.92. The van der Waals surface area contributed by atoms with E-state index < -0.39 is 0 Å². The molecule has 0 spiro atoms. The molecule has 0 heterocycles. The van der Waals surface area contributed by atoms with Crippen LogP contribution in [-0.4, -0.2) is 30.0 Å². The van der Waals surface area contributed by atoms with Crippen LogP contribution in [0.25, 0.3) is 0 Å². The Kier molecular flexibility index (Phi) is 15.3. The first-order valence-corrected chi connectivity index (χ1v) is 3.98. The maximum Gasteiger partial charge on any atom is 0.0676 e. The zero-order valence-corrected chi connectivity index (χ0v) is 7.71. The molecule has 0 aromatic heterocycles. The molecule has 0 atom stereocenters. The van der Waals surface area contributed by atoms with Crippen molar-refractivity contribution in [3.63, 3.8) is 0 Å². The van der Waals surface area contributed by atoms with Gasteiger partial charge in [0.05, 0.1) is 6.61 Å². The van der Waals surface area contributed by atoms with Gasteiger partial charge in [0.15, 0.2) is 0 Å². The Morgan fingerprint density at radius 3 is 1.73 bits per heavy atom. The Morgan fingerprint density at radius 2 is 1.73 bits per heavy atom. The van der Waals surface area contributed by atoms with Gasteiger partial charge in [-0.3, -0.25) is 0 Å². The van der Waals surface area contributed by atoms with Crippen molar-refractivity contribution in [3.8, 4) is 0 Å². The Bertz CT molecular complexity index is 56.4. The van der Waals surface area contributed by atoms with Gasteiger partial charge in [0.25, 0.3) is 0 Å². The third kappa shape index (κ3) is 17.7. The number of hydrogen-bond donors (Lipinski definition) is 2. The quantitative estimate of drug-likeness (QED) is 0.609. The van der Waals surface area contributed by atoms with Crippen LogP contribution >= 0.6 is 0 Å². The number of rotatable bonds is 4. The molecule has 11 heavy (non-hydrogen) atoms. The van der Waals surface area contributed by atoms with Crippen molar-refractivity contribution in [1.29, 1.82) is 0 Å². The largest absolute Gasteiger partial charge is 0.314 e. The van der Waals surface area contributed by atoms with Gasteiger partial charge in [-0.1, -0.05) is 20.8 Å². The normalized spacial score (nSPS) is 9.27. The summed E-state index contributed by atoms with van der Waals surface area (Å²) >= 11 is 0. The Balaban J connectivity index is 0. The highest BCUT2D eigenvalue weighted by Crippen LogP contribution is 1.73. The highest BCUT2D eigenvalue weighted by atomic mass is 16.6. The molecule has 0 aliphatic heterocycles. The smallest absolute Gasteiger partial charge is 0.0676 e. The van der Waals surface area contributed by atoms with Crippen molar-refractivity contribution in [3.05, 3.63) is 0 Å². The monoisotopic (exact) mass is 164 g/mol. The topological polar surface area (TPSA) is 58.7 Å². The van der Waals surface area contributed by atoms with E-state index in [-0.39, 0.29) is 0 Å². The van der Waals surface area contributed by atoms with E-state index in [1.54, 1.807) is 0 Å². The molecule has 0 saturated carbocycles. The van der Waals surface area contributed by atoms with Crippen LogP contribution in [0.1, 0.15) is 27.2 Å². The summed E-state index contributed by atoms with van der Waals surface area (Å²) in [5, 5.41) is 9.75. The van der Waals surface area contributed by atoms with Crippen molar-refractivity contribution in [1.82, 2.24) is 5.06 Å². The molecule has 0 fully saturated rings. The molecule has 4 nitrogen and oxygen atoms in total. The summed E-state index contributed by atoms with van der Waals surface area (Å²) in [6, 6.07) is 0. The number of nitrogens with two attached hydrogens (primary N) is 1. The maximum absolute atomic E-state index is 8.50. The van der Waals surface area contributed by atoms with E-state index in [1.165, 1.54) is 5.06 Å². The van der Waals surface area contributed by atoms with E-state index in [2.05, 4.69) is 10.7 Å². The summed E-state index contributed by atoms with van der Waals surface area (Å²) in [5.41, 5.74) is 0. The van der Waals surface area contributed by atoms with Gasteiger partial charge in [-0.25, -0.2) is 5.90 Å². The van der Waals surface area contributed by atoms with Crippen LogP contribution in [0.3, 0.4) is 0 Å². The summed E-state index contributed by atoms with van der Waals surface area (Å²) < 4.78 is 0. The highest BCUT2D eigenvalue weighted by molar-refractivity contribution is 4.26. The zero-order chi connectivity index (χ0) is 9.11. The minimum absolute atomic E-state index is 0.667. The van der Waals surface area contributed by atoms with Gasteiger partial charge in [-0.15, -0.1) is 0 Å². The first kappa shape index (κ1) is 13.4. The molecule has 70 valence electrons. The average Bonchev–Trinajstić information content (AvgIpc) is 2.06. The van der Waals surface area contributed by atoms with Crippen LogP contribution in [0.15, 0.2) is 0 Å². The van der Waals surface area contributed by atoms with E-state index in [1.807, 2.05) is 20.8 Å². The van der Waals surface area contributed by atoms with Crippen LogP contribution in [-0.2, 0) is 4.84 Å². The van der Waals surface area contributed by atoms with Gasteiger partial charge < -0.3 is 10.0 Å². The molecule has 0 aromatic carbocycles. The van der Waals surface area contributed by atoms with E-state index in [9.17, 15) is 0 Å². The summed E-state index contributed by atoms with van der Waals surface area (Å²) in [5.74, 6) is 4.64. The first-order valence-electron chi connectivity index (χ1n) is 3.98. The minimum Gasteiger partial charge on any atom is -0.314 e. The zero-order valence-electron chi connectivity index (χ0n) is 7.71. The van der Waals surface area contributed by atoms with Crippen LogP contribution < -0.4 is 5.90 Å². The SMILES string of the molecule is CCCON.CCN(O)CC. The van der Waals surface area contributed by atoms with Gasteiger partial charge in [0.2, 0.25) is 0 Å². The number of hydrogen-bond acceptors (Lipinski definition) is 4. The molecule has 0 aromatic rings. The van der Waals surface area contributed by atoms with Gasteiger partial charge in [-0.2, -0.15) is 5.06 Å². The maximum atomic E-state index is 8.50. The van der Waals surface area contributed by atoms with Crippen LogP contribution in [0.2, 0.25) is 0 Å². The molecule has 4 heteroatoms. The average molecular weight is 164 g/mol. The lowest BCUT2D eigenvalue weighted by atomic mass is 10.5. The van der Waals surface area contributed by atoms with Gasteiger partial charge in [-0.05, 0) is 6.42 Å². The number of hydroxylamine groups is 2. The lowest BCUT2D eigenvalue weighted by molar-refractivity contribution is -0.0813. The molecule has 0 saturated heterocycles. The fourth-order valence-corrected chi connectivity index (χ4v) is 0.341. The second-order valence-electron chi connectivity index (χ2n) is 2.01. The van der Waals surface area contributed by atoms with Crippen molar-refractivity contribution >= 4 is 0 Å². The Hall–Kier alpha value is -0.160. The second kappa shape index (κ2) is 12.5. The second-order valence-corrected chi connectivity index (χ2v) is 2.01. The third-order valence-electron chi connectivity index (χ3n) is 1.05. The Morgan fingerprint density at radius 1 is 1.27 bits per heavy atom. The van der Waals surface area contributed by atoms with Crippen LogP contribution in [0.5, 0.6) is 0 Å². The van der Waals surface area contributed by atoms with E-state index in [0.717, 1.165) is 19.5 Å². The highest BCUT2D eigenvalue weighted by Gasteiger charge is 1.84. The molecule has 0 aliphatic rings. The predicted octanol–water partition coefficient (Wildman–Crippen LogP) is 1.00. The van der Waals surface area contributed by atoms with Crippen molar-refractivity contribution < 1.29 is 10.0 Å². The van der Waals surface area contributed by atoms with E-state index in [0.29, 0.717) is 6.61 Å². The fourth-order valence-electron chi connectivity index (χ4n) is 0.341. The lowest BCUT2D eigenvalue weighted by Gasteiger charge is -2.05. The Labute approximate surface area is 68.9 Å². The summed E-state index contributed by atoms with van der Waals surface area (Å²) in [7, 11) is 0. The number of nitrogens with zero attached hydrogens (tertiary/aromatic N) is 1. The van der Waals surface area contributed by atoms with Crippen molar-refractivity contribution in [2.45, 2.75) is 27.2 Å². The van der Waals surface area contributed by atoms with E-state index in [4.69, 9.17) is 5.21 Å². The first-order chi connectivity index (χ1) is 5.22. The minimum atomic E-state index is 0.667. The molecule has 0 amide bonds. The third-order valence-corrected chi connectivity index (χ3v) is 1.05. The molecular formula is C7H20N2O2. The molecule has 0 unspecified atom stereocenters. The molecule has 0 aliphatic carbocycles. The van der Waals surface area contributed by atoms with Crippen LogP contribution in [0.4, 0.5) is 0 Å². The molecule has 0 bridgehead atoms. The molecule has 0 rings (SSSR count). The fraction of sp³-hybridized carbons (Fsp3) is 1.00. The standard InChI is InChI=1S/C4H11NO.C3H9NO/c1-3-5(6)4-2;1-2-3-5-4/h6H,3-4H2,1-2H3;2-4H2,1H3. The van der Waals surface area contributed by atoms with Crippen molar-refractivity contribution in [2.24, 2.45) is 5.90 Å². The summed E-state index contributed by atoms with van der Waals surface area (Å²) in [4.78, 5) is 4.19. The molecule has 3 N–H and O–H groups in total. The molecule has 0 radical (unpaired) electrons. The summed E-state index contributed by atoms with van der Waals surface area (Å²) in [6.07, 6.45) is 0.997. The van der Waals surface area contributed by atoms with E-state index >= 15 is 0 Å². The predicted molar refractivity (Wildman–Crippen MR) is 45.1 cm³/mol.